The van der Waals surface area contributed by atoms with E-state index >= 15 is 0 Å². The number of ether oxygens (including phenoxy) is 1. The Morgan fingerprint density at radius 2 is 2.00 bits per heavy atom. The Bertz CT molecular complexity index is 961. The minimum atomic E-state index is -0.331. The van der Waals surface area contributed by atoms with E-state index in [0.29, 0.717) is 18.1 Å². The molecule has 138 valence electrons. The van der Waals surface area contributed by atoms with E-state index in [2.05, 4.69) is 27.0 Å². The molecular formula is C20H18BrN3O2S. The number of aromatic nitrogens is 1. The van der Waals surface area contributed by atoms with Crippen LogP contribution in [0.1, 0.15) is 27.7 Å². The summed E-state index contributed by atoms with van der Waals surface area (Å²) in [4.78, 5) is 20.0. The van der Waals surface area contributed by atoms with Gasteiger partial charge in [-0.15, -0.1) is 11.3 Å². The van der Waals surface area contributed by atoms with Crippen molar-refractivity contribution >= 4 is 38.5 Å². The van der Waals surface area contributed by atoms with Crippen molar-refractivity contribution in [2.75, 3.05) is 5.73 Å². The summed E-state index contributed by atoms with van der Waals surface area (Å²) in [6.45, 7) is 0.736. The Morgan fingerprint density at radius 3 is 2.78 bits per heavy atom. The average molecular weight is 444 g/mol. The summed E-state index contributed by atoms with van der Waals surface area (Å²) in [6, 6.07) is 17.6. The summed E-state index contributed by atoms with van der Waals surface area (Å²) >= 11 is 4.94. The van der Waals surface area contributed by atoms with Crippen molar-refractivity contribution in [1.29, 1.82) is 0 Å². The molecule has 2 aromatic carbocycles. The number of halogens is 1. The Morgan fingerprint density at radius 1 is 1.22 bits per heavy atom. The molecule has 1 amide bonds. The third-order valence-electron chi connectivity index (χ3n) is 4.51. The fourth-order valence-electron chi connectivity index (χ4n) is 3.26. The summed E-state index contributed by atoms with van der Waals surface area (Å²) in [6.07, 6.45) is 0.332. The summed E-state index contributed by atoms with van der Waals surface area (Å²) in [7, 11) is 0. The standard InChI is InChI=1S/C20H18BrN3O2S/c21-15-8-4-7-14(9-15)10-16-18-17(27-19(22)23-18)11-24(16)20(25)26-12-13-5-2-1-3-6-13/h1-9,16H,10-12H2,(H2,22,23). The molecule has 1 aliphatic rings. The molecule has 0 fully saturated rings. The van der Waals surface area contributed by atoms with Gasteiger partial charge >= 0.3 is 6.09 Å². The lowest BCUT2D eigenvalue weighted by Crippen LogP contribution is -2.31. The molecule has 27 heavy (non-hydrogen) atoms. The van der Waals surface area contributed by atoms with Gasteiger partial charge in [-0.3, -0.25) is 4.90 Å². The lowest BCUT2D eigenvalue weighted by Gasteiger charge is -2.24. The van der Waals surface area contributed by atoms with Crippen LogP contribution in [-0.2, 0) is 24.3 Å². The number of nitrogens with two attached hydrogens (primary N) is 1. The van der Waals surface area contributed by atoms with E-state index in [9.17, 15) is 4.79 Å². The van der Waals surface area contributed by atoms with Crippen LogP contribution in [-0.4, -0.2) is 16.0 Å². The summed E-state index contributed by atoms with van der Waals surface area (Å²) < 4.78 is 6.57. The summed E-state index contributed by atoms with van der Waals surface area (Å²) in [5, 5.41) is 0.538. The number of benzene rings is 2. The second-order valence-corrected chi connectivity index (χ2v) is 8.41. The first kappa shape index (κ1) is 18.0. The average Bonchev–Trinajstić information content (AvgIpc) is 3.18. The van der Waals surface area contributed by atoms with Gasteiger partial charge in [0.05, 0.1) is 23.2 Å². The largest absolute Gasteiger partial charge is 0.445 e. The van der Waals surface area contributed by atoms with Gasteiger partial charge in [0, 0.05) is 4.47 Å². The minimum Gasteiger partial charge on any atom is -0.445 e. The maximum Gasteiger partial charge on any atom is 0.411 e. The van der Waals surface area contributed by atoms with Crippen LogP contribution in [0, 0.1) is 0 Å². The highest BCUT2D eigenvalue weighted by Crippen LogP contribution is 2.40. The highest BCUT2D eigenvalue weighted by Gasteiger charge is 2.37. The van der Waals surface area contributed by atoms with Crippen LogP contribution < -0.4 is 5.73 Å². The highest BCUT2D eigenvalue weighted by atomic mass is 79.9. The molecule has 0 radical (unpaired) electrons. The highest BCUT2D eigenvalue weighted by molar-refractivity contribution is 9.10. The first-order valence-electron chi connectivity index (χ1n) is 8.57. The number of nitrogen functional groups attached to an aromatic ring is 1. The van der Waals surface area contributed by atoms with Gasteiger partial charge in [-0.05, 0) is 29.7 Å². The molecule has 1 atom stereocenters. The molecular weight excluding hydrogens is 426 g/mol. The molecule has 0 saturated heterocycles. The van der Waals surface area contributed by atoms with Gasteiger partial charge in [0.25, 0.3) is 0 Å². The van der Waals surface area contributed by atoms with E-state index in [0.717, 1.165) is 26.2 Å². The Hall–Kier alpha value is -2.38. The number of fused-ring (bicyclic) bond motifs is 1. The van der Waals surface area contributed by atoms with Crippen molar-refractivity contribution in [3.63, 3.8) is 0 Å². The number of nitrogens with zero attached hydrogens (tertiary/aromatic N) is 2. The van der Waals surface area contributed by atoms with Crippen LogP contribution in [0.5, 0.6) is 0 Å². The normalized spacial score (nSPS) is 15.6. The van der Waals surface area contributed by atoms with Crippen LogP contribution in [0.3, 0.4) is 0 Å². The summed E-state index contributed by atoms with van der Waals surface area (Å²) in [5.41, 5.74) is 8.86. The predicted molar refractivity (Wildman–Crippen MR) is 109 cm³/mol. The number of rotatable bonds is 4. The van der Waals surface area contributed by atoms with Crippen molar-refractivity contribution in [3.05, 3.63) is 80.8 Å². The number of hydrogen-bond acceptors (Lipinski definition) is 5. The van der Waals surface area contributed by atoms with Gasteiger partial charge in [-0.1, -0.05) is 58.4 Å². The second kappa shape index (κ2) is 7.70. The number of hydrogen-bond donors (Lipinski definition) is 1. The number of amides is 1. The quantitative estimate of drug-likeness (QED) is 0.620. The van der Waals surface area contributed by atoms with E-state index in [1.807, 2.05) is 48.5 Å². The fourth-order valence-corrected chi connectivity index (χ4v) is 4.59. The van der Waals surface area contributed by atoms with Gasteiger partial charge in [0.15, 0.2) is 5.13 Å². The van der Waals surface area contributed by atoms with Gasteiger partial charge in [0.2, 0.25) is 0 Å². The SMILES string of the molecule is Nc1nc2c(s1)CN(C(=O)OCc1ccccc1)C2Cc1cccc(Br)c1. The molecule has 3 aromatic rings. The van der Waals surface area contributed by atoms with Crippen molar-refractivity contribution < 1.29 is 9.53 Å². The van der Waals surface area contributed by atoms with Gasteiger partial charge in [0.1, 0.15) is 6.61 Å². The topological polar surface area (TPSA) is 68.5 Å². The monoisotopic (exact) mass is 443 g/mol. The molecule has 1 aromatic heterocycles. The van der Waals surface area contributed by atoms with Crippen molar-refractivity contribution in [1.82, 2.24) is 9.88 Å². The lowest BCUT2D eigenvalue weighted by atomic mass is 10.0. The van der Waals surface area contributed by atoms with Crippen LogP contribution in [0.15, 0.2) is 59.1 Å². The van der Waals surface area contributed by atoms with E-state index in [4.69, 9.17) is 10.5 Å². The maximum absolute atomic E-state index is 12.8. The second-order valence-electron chi connectivity index (χ2n) is 6.38. The van der Waals surface area contributed by atoms with Gasteiger partial charge in [-0.25, -0.2) is 9.78 Å². The molecule has 1 aliphatic heterocycles. The molecule has 2 heterocycles. The van der Waals surface area contributed by atoms with Gasteiger partial charge < -0.3 is 10.5 Å². The van der Waals surface area contributed by atoms with Crippen molar-refractivity contribution in [2.45, 2.75) is 25.6 Å². The molecule has 0 bridgehead atoms. The Balaban J connectivity index is 1.53. The summed E-state index contributed by atoms with van der Waals surface area (Å²) in [5.74, 6) is 0. The zero-order valence-corrected chi connectivity index (χ0v) is 16.9. The van der Waals surface area contributed by atoms with Crippen LogP contribution in [0.4, 0.5) is 9.93 Å². The molecule has 0 saturated carbocycles. The third-order valence-corrected chi connectivity index (χ3v) is 5.89. The number of anilines is 1. The molecule has 4 rings (SSSR count). The van der Waals surface area contributed by atoms with Crippen molar-refractivity contribution in [2.24, 2.45) is 0 Å². The number of carbonyl (C=O) groups excluding carboxylic acids is 1. The molecule has 7 heteroatoms. The minimum absolute atomic E-state index is 0.175. The van der Waals surface area contributed by atoms with Crippen molar-refractivity contribution in [3.8, 4) is 0 Å². The maximum atomic E-state index is 12.8. The fraction of sp³-hybridized carbons (Fsp3) is 0.200. The van der Waals surface area contributed by atoms with E-state index in [1.54, 1.807) is 4.90 Å². The smallest absolute Gasteiger partial charge is 0.411 e. The number of thiazole rings is 1. The molecule has 5 nitrogen and oxygen atoms in total. The van der Waals surface area contributed by atoms with Crippen LogP contribution >= 0.6 is 27.3 Å². The predicted octanol–water partition coefficient (Wildman–Crippen LogP) is 4.92. The molecule has 0 aliphatic carbocycles. The van der Waals surface area contributed by atoms with E-state index in [-0.39, 0.29) is 18.7 Å². The Kier molecular flexibility index (Phi) is 5.13. The van der Waals surface area contributed by atoms with Crippen LogP contribution in [0.2, 0.25) is 0 Å². The van der Waals surface area contributed by atoms with Crippen LogP contribution in [0.25, 0.3) is 0 Å². The first-order valence-corrected chi connectivity index (χ1v) is 10.2. The lowest BCUT2D eigenvalue weighted by molar-refractivity contribution is 0.0827. The Labute approximate surface area is 169 Å². The van der Waals surface area contributed by atoms with E-state index in [1.165, 1.54) is 11.3 Å². The zero-order chi connectivity index (χ0) is 18.8. The number of carbonyl (C=O) groups is 1. The van der Waals surface area contributed by atoms with E-state index < -0.39 is 0 Å². The zero-order valence-electron chi connectivity index (χ0n) is 14.5. The molecule has 1 unspecified atom stereocenters. The molecule has 0 spiro atoms. The third kappa shape index (κ3) is 3.99. The van der Waals surface area contributed by atoms with Gasteiger partial charge in [-0.2, -0.15) is 0 Å². The molecule has 2 N–H and O–H groups in total. The first-order chi connectivity index (χ1) is 13.1.